The Bertz CT molecular complexity index is 1330. The summed E-state index contributed by atoms with van der Waals surface area (Å²) >= 11 is 0. The first-order valence-corrected chi connectivity index (χ1v) is 9.60. The van der Waals surface area contributed by atoms with Crippen LogP contribution in [0, 0.1) is 0 Å². The molecule has 6 heteroatoms. The number of benzene rings is 2. The number of anilines is 1. The zero-order valence-corrected chi connectivity index (χ0v) is 16.1. The third-order valence-corrected chi connectivity index (χ3v) is 5.03. The average Bonchev–Trinajstić information content (AvgIpc) is 3.18. The van der Waals surface area contributed by atoms with Crippen molar-refractivity contribution in [2.45, 2.75) is 6.61 Å². The van der Waals surface area contributed by atoms with Crippen LogP contribution in [-0.4, -0.2) is 24.6 Å². The molecule has 0 spiro atoms. The van der Waals surface area contributed by atoms with Gasteiger partial charge in [0, 0.05) is 17.4 Å². The van der Waals surface area contributed by atoms with Gasteiger partial charge >= 0.3 is 0 Å². The van der Waals surface area contributed by atoms with E-state index in [9.17, 15) is 5.11 Å². The second-order valence-corrected chi connectivity index (χ2v) is 6.94. The lowest BCUT2D eigenvalue weighted by molar-refractivity contribution is 0.282. The summed E-state index contributed by atoms with van der Waals surface area (Å²) in [6, 6.07) is 25.4. The number of nitrogen functional groups attached to an aromatic ring is 1. The smallest absolute Gasteiger partial charge is 0.165 e. The number of aliphatic hydroxyl groups excluding tert-OH is 1. The third kappa shape index (κ3) is 3.09. The van der Waals surface area contributed by atoms with E-state index >= 15 is 0 Å². The van der Waals surface area contributed by atoms with Crippen LogP contribution >= 0.6 is 0 Å². The van der Waals surface area contributed by atoms with Gasteiger partial charge in [0.05, 0.1) is 17.9 Å². The minimum absolute atomic E-state index is 0.0101. The highest BCUT2D eigenvalue weighted by Gasteiger charge is 2.18. The number of aromatic nitrogens is 4. The molecule has 146 valence electrons. The number of hydrogen-bond donors (Lipinski definition) is 2. The Morgan fingerprint density at radius 3 is 2.37 bits per heavy atom. The minimum atomic E-state index is -0.0101. The molecule has 0 radical (unpaired) electrons. The van der Waals surface area contributed by atoms with Crippen molar-refractivity contribution >= 4 is 17.0 Å². The Morgan fingerprint density at radius 1 is 0.833 bits per heavy atom. The van der Waals surface area contributed by atoms with Crippen LogP contribution in [0.15, 0.2) is 85.1 Å². The Hall–Kier alpha value is -4.03. The van der Waals surface area contributed by atoms with Gasteiger partial charge in [-0.3, -0.25) is 4.57 Å². The van der Waals surface area contributed by atoms with E-state index in [0.29, 0.717) is 11.6 Å². The van der Waals surface area contributed by atoms with E-state index in [-0.39, 0.29) is 6.61 Å². The lowest BCUT2D eigenvalue weighted by atomic mass is 10.1. The number of nitrogens with two attached hydrogens (primary N) is 1. The first kappa shape index (κ1) is 18.0. The molecule has 0 fully saturated rings. The van der Waals surface area contributed by atoms with Crippen LogP contribution in [0.2, 0.25) is 0 Å². The van der Waals surface area contributed by atoms with Crippen LogP contribution in [0.25, 0.3) is 39.5 Å². The van der Waals surface area contributed by atoms with Crippen molar-refractivity contribution in [3.63, 3.8) is 0 Å². The first-order valence-electron chi connectivity index (χ1n) is 9.60. The predicted octanol–water partition coefficient (Wildman–Crippen LogP) is 4.22. The maximum Gasteiger partial charge on any atom is 0.165 e. The molecule has 5 rings (SSSR count). The first-order chi connectivity index (χ1) is 14.7. The summed E-state index contributed by atoms with van der Waals surface area (Å²) in [6.07, 6.45) is 1.66. The van der Waals surface area contributed by atoms with Gasteiger partial charge in [-0.05, 0) is 42.0 Å². The summed E-state index contributed by atoms with van der Waals surface area (Å²) in [7, 11) is 0. The number of imidazole rings is 1. The summed E-state index contributed by atoms with van der Waals surface area (Å²) in [5.41, 5.74) is 12.0. The van der Waals surface area contributed by atoms with E-state index in [4.69, 9.17) is 15.7 Å². The van der Waals surface area contributed by atoms with Crippen molar-refractivity contribution in [3.05, 3.63) is 90.6 Å². The van der Waals surface area contributed by atoms with Gasteiger partial charge in [-0.25, -0.2) is 15.0 Å². The Morgan fingerprint density at radius 2 is 1.63 bits per heavy atom. The lowest BCUT2D eigenvalue weighted by Gasteiger charge is -2.11. The molecule has 0 aliphatic carbocycles. The number of fused-ring (bicyclic) bond motifs is 1. The molecule has 0 aliphatic heterocycles. The normalized spacial score (nSPS) is 11.1. The SMILES string of the molecule is Nc1ncccc1-c1nc2ccc(-c3ccccc3)nc2n1-c1ccc(CO)cc1. The van der Waals surface area contributed by atoms with Gasteiger partial charge in [0.25, 0.3) is 0 Å². The topological polar surface area (TPSA) is 89.9 Å². The fourth-order valence-corrected chi connectivity index (χ4v) is 3.51. The van der Waals surface area contributed by atoms with Gasteiger partial charge < -0.3 is 10.8 Å². The fourth-order valence-electron chi connectivity index (χ4n) is 3.51. The molecule has 0 saturated heterocycles. The van der Waals surface area contributed by atoms with Crippen LogP contribution in [-0.2, 0) is 6.61 Å². The molecule has 0 atom stereocenters. The molecule has 2 aromatic carbocycles. The molecule has 5 aromatic rings. The largest absolute Gasteiger partial charge is 0.392 e. The molecule has 3 N–H and O–H groups in total. The quantitative estimate of drug-likeness (QED) is 0.477. The van der Waals surface area contributed by atoms with E-state index in [1.165, 1.54) is 0 Å². The second kappa shape index (κ2) is 7.42. The zero-order chi connectivity index (χ0) is 20.5. The van der Waals surface area contributed by atoms with E-state index in [2.05, 4.69) is 4.98 Å². The van der Waals surface area contributed by atoms with E-state index in [1.54, 1.807) is 6.20 Å². The van der Waals surface area contributed by atoms with Crippen LogP contribution in [0.5, 0.6) is 0 Å². The van der Waals surface area contributed by atoms with Gasteiger partial charge in [0.15, 0.2) is 11.5 Å². The summed E-state index contributed by atoms with van der Waals surface area (Å²) in [6.45, 7) is -0.0101. The molecular formula is C24H19N5O. The molecule has 3 aromatic heterocycles. The number of nitrogens with zero attached hydrogens (tertiary/aromatic N) is 4. The molecule has 30 heavy (non-hydrogen) atoms. The van der Waals surface area contributed by atoms with E-state index < -0.39 is 0 Å². The molecule has 0 amide bonds. The van der Waals surface area contributed by atoms with Crippen molar-refractivity contribution in [2.24, 2.45) is 0 Å². The molecule has 0 bridgehead atoms. The minimum Gasteiger partial charge on any atom is -0.392 e. The maximum absolute atomic E-state index is 9.41. The summed E-state index contributed by atoms with van der Waals surface area (Å²) in [5.74, 6) is 1.08. The van der Waals surface area contributed by atoms with Crippen molar-refractivity contribution < 1.29 is 5.11 Å². The van der Waals surface area contributed by atoms with Crippen molar-refractivity contribution in [2.75, 3.05) is 5.73 Å². The standard InChI is InChI=1S/C24H19N5O/c25-22-19(7-4-14-26-22)23-28-21-13-12-20(17-5-2-1-3-6-17)27-24(21)29(23)18-10-8-16(15-30)9-11-18/h1-14,30H,15H2,(H2,25,26). The molecule has 0 unspecified atom stereocenters. The van der Waals surface area contributed by atoms with Gasteiger partial charge in [-0.15, -0.1) is 0 Å². The van der Waals surface area contributed by atoms with Crippen LogP contribution < -0.4 is 5.73 Å². The highest BCUT2D eigenvalue weighted by molar-refractivity contribution is 5.84. The lowest BCUT2D eigenvalue weighted by Crippen LogP contribution is -2.02. The molecular weight excluding hydrogens is 374 g/mol. The van der Waals surface area contributed by atoms with Crippen molar-refractivity contribution in [3.8, 4) is 28.3 Å². The van der Waals surface area contributed by atoms with Gasteiger partial charge in [-0.1, -0.05) is 42.5 Å². The van der Waals surface area contributed by atoms with Crippen LogP contribution in [0.4, 0.5) is 5.82 Å². The average molecular weight is 393 g/mol. The number of aliphatic hydroxyl groups is 1. The fraction of sp³-hybridized carbons (Fsp3) is 0.0417. The third-order valence-electron chi connectivity index (χ3n) is 5.03. The van der Waals surface area contributed by atoms with Crippen LogP contribution in [0.1, 0.15) is 5.56 Å². The van der Waals surface area contributed by atoms with Gasteiger partial charge in [0.2, 0.25) is 0 Å². The predicted molar refractivity (Wildman–Crippen MR) is 118 cm³/mol. The Kier molecular flexibility index (Phi) is 4.46. The second-order valence-electron chi connectivity index (χ2n) is 6.94. The summed E-state index contributed by atoms with van der Waals surface area (Å²) < 4.78 is 1.98. The van der Waals surface area contributed by atoms with Crippen molar-refractivity contribution in [1.82, 2.24) is 19.5 Å². The monoisotopic (exact) mass is 393 g/mol. The molecule has 0 saturated carbocycles. The molecule has 0 aliphatic rings. The molecule has 3 heterocycles. The Balaban J connectivity index is 1.79. The number of rotatable bonds is 4. The highest BCUT2D eigenvalue weighted by Crippen LogP contribution is 2.31. The van der Waals surface area contributed by atoms with Crippen LogP contribution in [0.3, 0.4) is 0 Å². The van der Waals surface area contributed by atoms with Gasteiger partial charge in [0.1, 0.15) is 11.3 Å². The Labute approximate surface area is 173 Å². The summed E-state index contributed by atoms with van der Waals surface area (Å²) in [5, 5.41) is 9.41. The zero-order valence-electron chi connectivity index (χ0n) is 16.1. The maximum atomic E-state index is 9.41. The summed E-state index contributed by atoms with van der Waals surface area (Å²) in [4.78, 5) is 14.0. The van der Waals surface area contributed by atoms with Crippen molar-refractivity contribution in [1.29, 1.82) is 0 Å². The van der Waals surface area contributed by atoms with E-state index in [0.717, 1.165) is 39.2 Å². The highest BCUT2D eigenvalue weighted by atomic mass is 16.3. The van der Waals surface area contributed by atoms with E-state index in [1.807, 2.05) is 83.4 Å². The number of pyridine rings is 2. The van der Waals surface area contributed by atoms with Gasteiger partial charge in [-0.2, -0.15) is 0 Å². The number of hydrogen-bond acceptors (Lipinski definition) is 5. The molecule has 6 nitrogen and oxygen atoms in total.